The normalized spacial score (nSPS) is 11.1. The van der Waals surface area contributed by atoms with E-state index in [0.717, 1.165) is 6.07 Å². The van der Waals surface area contributed by atoms with Crippen molar-refractivity contribution >= 4 is 11.6 Å². The topological polar surface area (TPSA) is 12.5 Å². The predicted molar refractivity (Wildman–Crippen MR) is 64.2 cm³/mol. The van der Waals surface area contributed by atoms with Crippen LogP contribution in [0.4, 0.5) is 8.78 Å². The summed E-state index contributed by atoms with van der Waals surface area (Å²) in [5.74, 6) is -1.16. The van der Waals surface area contributed by atoms with Crippen molar-refractivity contribution in [1.82, 2.24) is 4.90 Å². The zero-order chi connectivity index (χ0) is 12.7. The van der Waals surface area contributed by atoms with Crippen LogP contribution in [-0.2, 0) is 11.3 Å². The van der Waals surface area contributed by atoms with Crippen LogP contribution in [0.25, 0.3) is 0 Å². The van der Waals surface area contributed by atoms with E-state index in [4.69, 9.17) is 16.3 Å². The summed E-state index contributed by atoms with van der Waals surface area (Å²) in [5.41, 5.74) is 0.339. The Bertz CT molecular complexity index is 349. The van der Waals surface area contributed by atoms with E-state index in [0.29, 0.717) is 37.7 Å². The molecule has 1 aromatic carbocycles. The molecule has 0 aromatic heterocycles. The van der Waals surface area contributed by atoms with E-state index in [2.05, 4.69) is 0 Å². The van der Waals surface area contributed by atoms with Crippen LogP contribution in [0.1, 0.15) is 5.56 Å². The van der Waals surface area contributed by atoms with E-state index in [-0.39, 0.29) is 0 Å². The molecule has 1 aromatic rings. The third kappa shape index (κ3) is 4.58. The SMILES string of the molecule is COCCN(CCCl)Cc1cccc(F)c1F. The standard InChI is InChI=1S/C12H16ClF2NO/c1-17-8-7-16(6-5-13)9-10-3-2-4-11(14)12(10)15/h2-4H,5-9H2,1H3. The van der Waals surface area contributed by atoms with Gasteiger partial charge < -0.3 is 4.74 Å². The Morgan fingerprint density at radius 1 is 1.29 bits per heavy atom. The van der Waals surface area contributed by atoms with E-state index < -0.39 is 11.6 Å². The molecule has 0 fully saturated rings. The second kappa shape index (κ2) is 7.58. The van der Waals surface area contributed by atoms with Crippen LogP contribution < -0.4 is 0 Å². The lowest BCUT2D eigenvalue weighted by Crippen LogP contribution is -2.29. The summed E-state index contributed by atoms with van der Waals surface area (Å²) in [7, 11) is 1.60. The van der Waals surface area contributed by atoms with E-state index in [1.807, 2.05) is 4.90 Å². The summed E-state index contributed by atoms with van der Waals surface area (Å²) < 4.78 is 31.4. The molecule has 0 N–H and O–H groups in total. The van der Waals surface area contributed by atoms with Crippen molar-refractivity contribution in [2.45, 2.75) is 6.54 Å². The molecule has 0 aliphatic carbocycles. The van der Waals surface area contributed by atoms with Crippen LogP contribution >= 0.6 is 11.6 Å². The molecule has 0 saturated heterocycles. The average molecular weight is 264 g/mol. The lowest BCUT2D eigenvalue weighted by Gasteiger charge is -2.21. The Morgan fingerprint density at radius 2 is 2.06 bits per heavy atom. The molecule has 0 aliphatic rings. The highest BCUT2D eigenvalue weighted by atomic mass is 35.5. The fraction of sp³-hybridized carbons (Fsp3) is 0.500. The first-order valence-corrected chi connectivity index (χ1v) is 5.92. The third-order valence-electron chi connectivity index (χ3n) is 2.44. The number of hydrogen-bond donors (Lipinski definition) is 0. The van der Waals surface area contributed by atoms with Gasteiger partial charge in [-0.3, -0.25) is 4.90 Å². The Morgan fingerprint density at radius 3 is 2.71 bits per heavy atom. The maximum atomic E-state index is 13.5. The molecule has 17 heavy (non-hydrogen) atoms. The zero-order valence-corrected chi connectivity index (χ0v) is 10.5. The minimum atomic E-state index is -0.819. The van der Waals surface area contributed by atoms with Gasteiger partial charge in [0.1, 0.15) is 0 Å². The number of alkyl halides is 1. The fourth-order valence-electron chi connectivity index (χ4n) is 1.52. The molecule has 1 rings (SSSR count). The summed E-state index contributed by atoms with van der Waals surface area (Å²) in [6.45, 7) is 2.12. The van der Waals surface area contributed by atoms with Crippen molar-refractivity contribution in [2.75, 3.05) is 32.7 Å². The molecule has 0 amide bonds. The molecule has 0 unspecified atom stereocenters. The molecule has 0 heterocycles. The largest absolute Gasteiger partial charge is 0.383 e. The summed E-state index contributed by atoms with van der Waals surface area (Å²) in [6, 6.07) is 4.19. The predicted octanol–water partition coefficient (Wildman–Crippen LogP) is 2.65. The molecule has 96 valence electrons. The lowest BCUT2D eigenvalue weighted by molar-refractivity contribution is 0.147. The first kappa shape index (κ1) is 14.4. The first-order chi connectivity index (χ1) is 8.19. The second-order valence-corrected chi connectivity index (χ2v) is 4.05. The minimum Gasteiger partial charge on any atom is -0.383 e. The average Bonchev–Trinajstić information content (AvgIpc) is 2.32. The maximum Gasteiger partial charge on any atom is 0.163 e. The molecule has 5 heteroatoms. The molecular weight excluding hydrogens is 248 g/mol. The highest BCUT2D eigenvalue weighted by Gasteiger charge is 2.11. The number of ether oxygens (including phenoxy) is 1. The highest BCUT2D eigenvalue weighted by Crippen LogP contribution is 2.13. The monoisotopic (exact) mass is 263 g/mol. The van der Waals surface area contributed by atoms with Crippen LogP contribution in [0.15, 0.2) is 18.2 Å². The van der Waals surface area contributed by atoms with Crippen LogP contribution in [0, 0.1) is 11.6 Å². The molecule has 0 aliphatic heterocycles. The molecular formula is C12H16ClF2NO. The summed E-state index contributed by atoms with van der Waals surface area (Å²) >= 11 is 5.66. The van der Waals surface area contributed by atoms with Crippen LogP contribution in [0.5, 0.6) is 0 Å². The summed E-state index contributed by atoms with van der Waals surface area (Å²) in [6.07, 6.45) is 0. The van der Waals surface area contributed by atoms with Crippen molar-refractivity contribution in [3.8, 4) is 0 Å². The van der Waals surface area contributed by atoms with Crippen molar-refractivity contribution in [3.63, 3.8) is 0 Å². The van der Waals surface area contributed by atoms with Gasteiger partial charge in [-0.1, -0.05) is 12.1 Å². The Kier molecular flexibility index (Phi) is 6.40. The van der Waals surface area contributed by atoms with E-state index >= 15 is 0 Å². The molecule has 0 atom stereocenters. The van der Waals surface area contributed by atoms with Gasteiger partial charge >= 0.3 is 0 Å². The van der Waals surface area contributed by atoms with Crippen molar-refractivity contribution in [1.29, 1.82) is 0 Å². The Balaban J connectivity index is 2.67. The van der Waals surface area contributed by atoms with Crippen molar-refractivity contribution in [3.05, 3.63) is 35.4 Å². The molecule has 0 bridgehead atoms. The highest BCUT2D eigenvalue weighted by molar-refractivity contribution is 6.18. The second-order valence-electron chi connectivity index (χ2n) is 3.67. The molecule has 2 nitrogen and oxygen atoms in total. The van der Waals surface area contributed by atoms with Crippen LogP contribution in [0.2, 0.25) is 0 Å². The number of halogens is 3. The van der Waals surface area contributed by atoms with Gasteiger partial charge in [-0.15, -0.1) is 11.6 Å². The molecule has 0 saturated carbocycles. The summed E-state index contributed by atoms with van der Waals surface area (Å²) in [5, 5.41) is 0. The van der Waals surface area contributed by atoms with E-state index in [9.17, 15) is 8.78 Å². The maximum absolute atomic E-state index is 13.5. The van der Waals surface area contributed by atoms with Gasteiger partial charge in [0, 0.05) is 38.2 Å². The number of methoxy groups -OCH3 is 1. The number of benzene rings is 1. The molecule has 0 spiro atoms. The first-order valence-electron chi connectivity index (χ1n) is 5.39. The fourth-order valence-corrected chi connectivity index (χ4v) is 1.76. The van der Waals surface area contributed by atoms with Crippen molar-refractivity contribution < 1.29 is 13.5 Å². The smallest absolute Gasteiger partial charge is 0.163 e. The van der Waals surface area contributed by atoms with Gasteiger partial charge in [0.05, 0.1) is 6.61 Å². The minimum absolute atomic E-state index is 0.333. The third-order valence-corrected chi connectivity index (χ3v) is 2.61. The molecule has 0 radical (unpaired) electrons. The number of rotatable bonds is 7. The van der Waals surface area contributed by atoms with Gasteiger partial charge in [-0.05, 0) is 6.07 Å². The number of nitrogens with zero attached hydrogens (tertiary/aromatic N) is 1. The van der Waals surface area contributed by atoms with Crippen LogP contribution in [0.3, 0.4) is 0 Å². The van der Waals surface area contributed by atoms with Crippen LogP contribution in [-0.4, -0.2) is 37.6 Å². The summed E-state index contributed by atoms with van der Waals surface area (Å²) in [4.78, 5) is 1.92. The van der Waals surface area contributed by atoms with Gasteiger partial charge in [-0.25, -0.2) is 8.78 Å². The van der Waals surface area contributed by atoms with Gasteiger partial charge in [0.15, 0.2) is 11.6 Å². The lowest BCUT2D eigenvalue weighted by atomic mass is 10.2. The van der Waals surface area contributed by atoms with Gasteiger partial charge in [0.25, 0.3) is 0 Å². The Hall–Kier alpha value is -0.710. The van der Waals surface area contributed by atoms with E-state index in [1.165, 1.54) is 6.07 Å². The number of hydrogen-bond acceptors (Lipinski definition) is 2. The zero-order valence-electron chi connectivity index (χ0n) is 9.76. The Labute approximate surface area is 105 Å². The van der Waals surface area contributed by atoms with Gasteiger partial charge in [0.2, 0.25) is 0 Å². The quantitative estimate of drug-likeness (QED) is 0.702. The van der Waals surface area contributed by atoms with Crippen molar-refractivity contribution in [2.24, 2.45) is 0 Å². The van der Waals surface area contributed by atoms with Gasteiger partial charge in [-0.2, -0.15) is 0 Å². The van der Waals surface area contributed by atoms with E-state index in [1.54, 1.807) is 13.2 Å².